The molecule has 0 radical (unpaired) electrons. The lowest BCUT2D eigenvalue weighted by Crippen LogP contribution is -2.41. The number of hydrogen-bond acceptors (Lipinski definition) is 6. The van der Waals surface area contributed by atoms with E-state index in [9.17, 15) is 14.4 Å². The highest BCUT2D eigenvalue weighted by Crippen LogP contribution is 2.19. The van der Waals surface area contributed by atoms with Crippen molar-refractivity contribution in [1.29, 1.82) is 0 Å². The summed E-state index contributed by atoms with van der Waals surface area (Å²) in [6, 6.07) is -0.456. The normalized spacial score (nSPS) is 15.9. The van der Waals surface area contributed by atoms with Crippen LogP contribution in [0.3, 0.4) is 0 Å². The van der Waals surface area contributed by atoms with E-state index in [2.05, 4.69) is 10.3 Å². The Bertz CT molecular complexity index is 569. The number of ether oxygens (including phenoxy) is 1. The molecule has 0 saturated carbocycles. The Morgan fingerprint density at radius 1 is 1.45 bits per heavy atom. The van der Waals surface area contributed by atoms with Crippen molar-refractivity contribution in [2.45, 2.75) is 26.9 Å². The first-order chi connectivity index (χ1) is 9.40. The van der Waals surface area contributed by atoms with E-state index in [-0.39, 0.29) is 6.54 Å². The number of nitrogens with zero attached hydrogens (tertiary/aromatic N) is 2. The van der Waals surface area contributed by atoms with Gasteiger partial charge in [-0.15, -0.1) is 11.3 Å². The number of rotatable bonds is 3. The van der Waals surface area contributed by atoms with Gasteiger partial charge in [0.05, 0.1) is 10.7 Å². The first kappa shape index (κ1) is 14.4. The zero-order chi connectivity index (χ0) is 14.9. The number of carbonyl (C=O) groups is 3. The molecule has 2 rings (SSSR count). The molecule has 2 heterocycles. The van der Waals surface area contributed by atoms with Gasteiger partial charge in [0.1, 0.15) is 4.88 Å². The Morgan fingerprint density at radius 3 is 2.65 bits per heavy atom. The zero-order valence-corrected chi connectivity index (χ0v) is 12.2. The van der Waals surface area contributed by atoms with Gasteiger partial charge in [-0.1, -0.05) is 0 Å². The van der Waals surface area contributed by atoms with Gasteiger partial charge in [-0.2, -0.15) is 0 Å². The fraction of sp³-hybridized carbons (Fsp3) is 0.500. The highest BCUT2D eigenvalue weighted by molar-refractivity contribution is 7.13. The van der Waals surface area contributed by atoms with Crippen LogP contribution in [0.15, 0.2) is 0 Å². The van der Waals surface area contributed by atoms with Crippen LogP contribution in [0.2, 0.25) is 0 Å². The van der Waals surface area contributed by atoms with Gasteiger partial charge >= 0.3 is 12.0 Å². The summed E-state index contributed by atoms with van der Waals surface area (Å²) in [7, 11) is 0. The highest BCUT2D eigenvalue weighted by atomic mass is 32.1. The molecule has 0 bridgehead atoms. The number of urea groups is 1. The maximum Gasteiger partial charge on any atom is 0.351 e. The molecular weight excluding hydrogens is 282 g/mol. The van der Waals surface area contributed by atoms with E-state index in [0.29, 0.717) is 17.1 Å². The smallest absolute Gasteiger partial charge is 0.351 e. The van der Waals surface area contributed by atoms with Gasteiger partial charge in [0.15, 0.2) is 6.10 Å². The topological polar surface area (TPSA) is 88.6 Å². The molecule has 1 fully saturated rings. The van der Waals surface area contributed by atoms with Crippen LogP contribution < -0.4 is 5.32 Å². The third-order valence-corrected chi connectivity index (χ3v) is 3.90. The molecule has 20 heavy (non-hydrogen) atoms. The van der Waals surface area contributed by atoms with Crippen molar-refractivity contribution in [3.63, 3.8) is 0 Å². The van der Waals surface area contributed by atoms with Gasteiger partial charge < -0.3 is 10.1 Å². The van der Waals surface area contributed by atoms with E-state index in [1.54, 1.807) is 13.8 Å². The predicted molar refractivity (Wildman–Crippen MR) is 71.6 cm³/mol. The first-order valence-corrected chi connectivity index (χ1v) is 6.96. The fourth-order valence-corrected chi connectivity index (χ4v) is 2.69. The lowest BCUT2D eigenvalue weighted by Gasteiger charge is -2.17. The fourth-order valence-electron chi connectivity index (χ4n) is 1.89. The van der Waals surface area contributed by atoms with Crippen molar-refractivity contribution >= 4 is 29.2 Å². The molecule has 7 nitrogen and oxygen atoms in total. The lowest BCUT2D eigenvalue weighted by atomic mass is 10.3. The summed E-state index contributed by atoms with van der Waals surface area (Å²) in [6.45, 7) is 5.66. The van der Waals surface area contributed by atoms with Crippen molar-refractivity contribution in [2.75, 3.05) is 13.1 Å². The van der Waals surface area contributed by atoms with E-state index in [1.165, 1.54) is 18.3 Å². The van der Waals surface area contributed by atoms with Crippen LogP contribution in [0.1, 0.15) is 27.3 Å². The Morgan fingerprint density at radius 2 is 2.15 bits per heavy atom. The molecule has 1 aliphatic rings. The second kappa shape index (κ2) is 5.58. The van der Waals surface area contributed by atoms with Gasteiger partial charge in [-0.3, -0.25) is 9.69 Å². The summed E-state index contributed by atoms with van der Waals surface area (Å²) in [4.78, 5) is 40.9. The number of esters is 1. The summed E-state index contributed by atoms with van der Waals surface area (Å²) in [5, 5.41) is 3.28. The average molecular weight is 297 g/mol. The van der Waals surface area contributed by atoms with Crippen LogP contribution >= 0.6 is 11.3 Å². The minimum absolute atomic E-state index is 0.290. The molecule has 1 aromatic heterocycles. The maximum atomic E-state index is 12.0. The molecule has 8 heteroatoms. The van der Waals surface area contributed by atoms with Crippen LogP contribution in [-0.2, 0) is 9.53 Å². The van der Waals surface area contributed by atoms with Crippen molar-refractivity contribution in [1.82, 2.24) is 15.2 Å². The Kier molecular flexibility index (Phi) is 4.03. The number of imide groups is 1. The molecule has 0 aromatic carbocycles. The quantitative estimate of drug-likeness (QED) is 0.836. The highest BCUT2D eigenvalue weighted by Gasteiger charge is 2.32. The molecule has 108 valence electrons. The zero-order valence-electron chi connectivity index (χ0n) is 11.4. The second-order valence-electron chi connectivity index (χ2n) is 4.42. The van der Waals surface area contributed by atoms with Crippen molar-refractivity contribution in [3.05, 3.63) is 15.6 Å². The molecule has 0 spiro atoms. The summed E-state index contributed by atoms with van der Waals surface area (Å²) in [5.74, 6) is -1.11. The maximum absolute atomic E-state index is 12.0. The minimum Gasteiger partial charge on any atom is -0.448 e. The van der Waals surface area contributed by atoms with Crippen molar-refractivity contribution in [3.8, 4) is 0 Å². The standard InChI is InChI=1S/C12H15N3O4S/c1-6-9(20-8(3)14-6)11(17)19-7(2)10(16)15-5-4-13-12(15)18/h7H,4-5H2,1-3H3,(H,13,18). The Balaban J connectivity index is 2.02. The summed E-state index contributed by atoms with van der Waals surface area (Å²) in [5.41, 5.74) is 0.580. The van der Waals surface area contributed by atoms with Crippen LogP contribution in [0.5, 0.6) is 0 Å². The van der Waals surface area contributed by atoms with Crippen molar-refractivity contribution < 1.29 is 19.1 Å². The SMILES string of the molecule is Cc1nc(C)c(C(=O)OC(C)C(=O)N2CCNC2=O)s1. The molecule has 1 unspecified atom stereocenters. The molecule has 0 aliphatic carbocycles. The van der Waals surface area contributed by atoms with E-state index in [0.717, 1.165) is 9.91 Å². The van der Waals surface area contributed by atoms with Crippen LogP contribution in [-0.4, -0.2) is 47.0 Å². The predicted octanol–water partition coefficient (Wildman–Crippen LogP) is 0.857. The molecule has 1 N–H and O–H groups in total. The van der Waals surface area contributed by atoms with E-state index >= 15 is 0 Å². The van der Waals surface area contributed by atoms with Gasteiger partial charge in [-0.05, 0) is 20.8 Å². The molecule has 1 aromatic rings. The van der Waals surface area contributed by atoms with Crippen LogP contribution in [0.4, 0.5) is 4.79 Å². The summed E-state index contributed by atoms with van der Waals surface area (Å²) >= 11 is 1.22. The molecule has 1 atom stereocenters. The van der Waals surface area contributed by atoms with Gasteiger partial charge in [0, 0.05) is 13.1 Å². The molecule has 3 amide bonds. The number of nitrogens with one attached hydrogen (secondary N) is 1. The van der Waals surface area contributed by atoms with E-state index in [4.69, 9.17) is 4.74 Å². The number of carbonyl (C=O) groups excluding carboxylic acids is 3. The van der Waals surface area contributed by atoms with Crippen LogP contribution in [0.25, 0.3) is 0 Å². The van der Waals surface area contributed by atoms with Gasteiger partial charge in [0.25, 0.3) is 5.91 Å². The summed E-state index contributed by atoms with van der Waals surface area (Å²) in [6.07, 6.45) is -1.01. The summed E-state index contributed by atoms with van der Waals surface area (Å²) < 4.78 is 5.11. The number of hydrogen-bond donors (Lipinski definition) is 1. The lowest BCUT2D eigenvalue weighted by molar-refractivity contribution is -0.136. The monoisotopic (exact) mass is 297 g/mol. The van der Waals surface area contributed by atoms with Crippen LogP contribution in [0, 0.1) is 13.8 Å². The number of thiazole rings is 1. The largest absolute Gasteiger partial charge is 0.448 e. The number of amides is 3. The minimum atomic E-state index is -1.01. The second-order valence-corrected chi connectivity index (χ2v) is 5.62. The van der Waals surface area contributed by atoms with Crippen molar-refractivity contribution in [2.24, 2.45) is 0 Å². The van der Waals surface area contributed by atoms with Gasteiger partial charge in [-0.25, -0.2) is 14.6 Å². The Hall–Kier alpha value is -1.96. The molecule has 1 aliphatic heterocycles. The van der Waals surface area contributed by atoms with E-state index < -0.39 is 24.0 Å². The molecular formula is C12H15N3O4S. The average Bonchev–Trinajstić information content (AvgIpc) is 2.94. The third kappa shape index (κ3) is 2.79. The Labute approximate surface area is 119 Å². The first-order valence-electron chi connectivity index (χ1n) is 6.14. The van der Waals surface area contributed by atoms with Gasteiger partial charge in [0.2, 0.25) is 0 Å². The number of aryl methyl sites for hydroxylation is 2. The number of aromatic nitrogens is 1. The van der Waals surface area contributed by atoms with E-state index in [1.807, 2.05) is 0 Å². The third-order valence-electron chi connectivity index (χ3n) is 2.84. The molecule has 1 saturated heterocycles.